The van der Waals surface area contributed by atoms with Crippen molar-refractivity contribution in [2.24, 2.45) is 47.3 Å². The van der Waals surface area contributed by atoms with E-state index in [4.69, 9.17) is 86.2 Å². The fraction of sp³-hybridized carbons (Fsp3) is 0.533. The molecule has 0 saturated carbocycles. The number of nitrogens with one attached hydrogen (secondary N) is 1. The molecule has 6 aliphatic heterocycles. The number of likely N-dealkylation sites (N-methyl/N-ethyl adjacent to an activating group) is 4. The molecule has 1 N–H and O–H groups in total. The average Bonchev–Trinajstić information content (AvgIpc) is 1.53. The van der Waals surface area contributed by atoms with E-state index in [1.807, 2.05) is 6.07 Å². The minimum absolute atomic E-state index is 0.230. The molecule has 0 spiro atoms. The van der Waals surface area contributed by atoms with Crippen LogP contribution in [0.5, 0.6) is 57.5 Å². The second-order valence-corrected chi connectivity index (χ2v) is 46.4. The van der Waals surface area contributed by atoms with Gasteiger partial charge in [0.25, 0.3) is 0 Å². The summed E-state index contributed by atoms with van der Waals surface area (Å²) in [5, 5.41) is 2.33. The minimum atomic E-state index is 0.230. The van der Waals surface area contributed by atoms with Crippen molar-refractivity contribution in [1.29, 1.82) is 0 Å². The van der Waals surface area contributed by atoms with Crippen LogP contribution < -0.4 is 77.1 Å². The van der Waals surface area contributed by atoms with E-state index in [0.717, 1.165) is 204 Å². The molecule has 11 aromatic rings. The zero-order chi connectivity index (χ0) is 106. The number of aromatic nitrogens is 8. The summed E-state index contributed by atoms with van der Waals surface area (Å²) in [6.07, 6.45) is 5.78. The standard InChI is InChI=1S/C120H160N16O9S3.O.V/c1-25-129(26-2)57-61-133-81-41-33-37-45-85(81)145-109-97(133)101(137-65-49-73(9)10)89-93(105(109)141-69-53-77(17)18)117-121-113(89)123-118-95-91(103(139-67-51-75(13)14)99-111(107(95)143-71-55-79(21)22)147-87-47-39-35-43-83(87)135(99)63-59-131(29-5)30-6)115(125-118)127-120-96-92(104(140-68-52-76(15)16)100-112(108(96)144-72-56-80(23)24)148-88-48-40-36-44-84(88)136(100)64-60-132(31-7)32-8)116(128-120)126-119-94-90(114(122-117)124-119)102(138-66-50-74(11)12)98-110(106(94)142-70-54-78(19)20)146-86-46-38-34-42-82(86)134(98)62-58-130(27-3)28-4;;/h33-48,73-80H,25-32,49-72H2,1-24H3;;/q-2;;+2/p+1. The van der Waals surface area contributed by atoms with Crippen molar-refractivity contribution >= 4 is 125 Å². The molecule has 26 nitrogen and oxygen atoms in total. The Balaban J connectivity index is 0.00000796. The predicted molar refractivity (Wildman–Crippen MR) is 611 cm³/mol. The number of rotatable bonds is 52. The molecule has 803 valence electrons. The van der Waals surface area contributed by atoms with Gasteiger partial charge in [0.1, 0.15) is 40.0 Å². The summed E-state index contributed by atoms with van der Waals surface area (Å²) in [5.74, 6) is 8.69. The van der Waals surface area contributed by atoms with Crippen LogP contribution in [0.1, 0.15) is 218 Å². The van der Waals surface area contributed by atoms with Gasteiger partial charge in [-0.25, -0.2) is 9.97 Å². The molecule has 17 rings (SSSR count). The van der Waals surface area contributed by atoms with E-state index in [-0.39, 0.29) is 93.2 Å². The molecule has 9 heterocycles. The van der Waals surface area contributed by atoms with E-state index in [1.54, 1.807) is 35.3 Å². The third-order valence-electron chi connectivity index (χ3n) is 29.2. The van der Waals surface area contributed by atoms with Crippen LogP contribution in [0.25, 0.3) is 89.7 Å². The Labute approximate surface area is 913 Å². The third kappa shape index (κ3) is 24.3. The molecule has 150 heavy (non-hydrogen) atoms. The summed E-state index contributed by atoms with van der Waals surface area (Å²) in [7, 11) is 0. The maximum absolute atomic E-state index is 8.19. The normalized spacial score (nSPS) is 13.3. The van der Waals surface area contributed by atoms with E-state index >= 15 is 0 Å². The van der Waals surface area contributed by atoms with Gasteiger partial charge in [0.15, 0.2) is 40.2 Å². The van der Waals surface area contributed by atoms with Crippen molar-refractivity contribution in [3.63, 3.8) is 0 Å². The van der Waals surface area contributed by atoms with Crippen LogP contribution in [0.15, 0.2) is 126 Å². The van der Waals surface area contributed by atoms with Gasteiger partial charge in [0.2, 0.25) is 0 Å². The van der Waals surface area contributed by atoms with Gasteiger partial charge < -0.3 is 112 Å². The molecule has 0 aliphatic carbocycles. The second kappa shape index (κ2) is 51.7. The molecule has 0 amide bonds. The van der Waals surface area contributed by atoms with Gasteiger partial charge in [-0.05, 0) is 200 Å². The number of hydrogen-bond donors (Lipinski definition) is 1. The van der Waals surface area contributed by atoms with Gasteiger partial charge in [-0.3, -0.25) is 0 Å². The fourth-order valence-electron chi connectivity index (χ4n) is 20.1. The molecule has 0 radical (unpaired) electrons. The van der Waals surface area contributed by atoms with Crippen molar-refractivity contribution in [3.05, 3.63) is 97.1 Å². The maximum atomic E-state index is 8.19. The third-order valence-corrected chi connectivity index (χ3v) is 32.7. The molecular weight excluding hydrogens is 1970 g/mol. The number of ether oxygens (including phenoxy) is 9. The van der Waals surface area contributed by atoms with Gasteiger partial charge in [-0.2, -0.15) is 0 Å². The monoisotopic (exact) mass is 2130 g/mol. The van der Waals surface area contributed by atoms with Crippen LogP contribution in [-0.2, 0) is 21.0 Å². The topological polar surface area (TPSA) is 233 Å². The number of fused-ring (bicyclic) bond motifs is 28. The second-order valence-electron chi connectivity index (χ2n) is 43.2. The molecule has 0 saturated heterocycles. The van der Waals surface area contributed by atoms with E-state index < -0.39 is 0 Å². The van der Waals surface area contributed by atoms with E-state index in [1.165, 1.54) is 4.90 Å². The molecule has 0 atom stereocenters. The van der Waals surface area contributed by atoms with Crippen LogP contribution in [0, 0.1) is 47.3 Å². The first-order valence-electron chi connectivity index (χ1n) is 55.8. The predicted octanol–water partition coefficient (Wildman–Crippen LogP) is 27.4. The Bertz CT molecular complexity index is 6300. The van der Waals surface area contributed by atoms with Gasteiger partial charge in [0.05, 0.1) is 162 Å². The van der Waals surface area contributed by atoms with Crippen LogP contribution in [0.2, 0.25) is 0 Å². The van der Waals surface area contributed by atoms with Crippen LogP contribution in [0.4, 0.5) is 45.5 Å². The number of benzene rings is 8. The zero-order valence-electron chi connectivity index (χ0n) is 93.4. The van der Waals surface area contributed by atoms with E-state index in [2.05, 4.69) is 291 Å². The van der Waals surface area contributed by atoms with E-state index in [0.29, 0.717) is 199 Å². The van der Waals surface area contributed by atoms with Crippen molar-refractivity contribution in [2.75, 3.05) is 177 Å². The van der Waals surface area contributed by atoms with Gasteiger partial charge in [-0.15, -0.1) is 0 Å². The Hall–Kier alpha value is -10.2. The quantitative estimate of drug-likeness (QED) is 0.0373. The number of para-hydroxylation sites is 5. The number of quaternary nitrogens is 1. The van der Waals surface area contributed by atoms with Gasteiger partial charge in [-0.1, -0.05) is 236 Å². The summed E-state index contributed by atoms with van der Waals surface area (Å²) in [6.45, 7) is 69.2. The van der Waals surface area contributed by atoms with Crippen molar-refractivity contribution in [1.82, 2.24) is 54.6 Å². The van der Waals surface area contributed by atoms with Gasteiger partial charge in [0, 0.05) is 98.1 Å². The Morgan fingerprint density at radius 1 is 0.313 bits per heavy atom. The SMILES string of the molecule is CCN(CC)CCN1c2ccccc2Sc2c(OCCC(C)C)c3c(c(OCCC(C)C)c21)-c1nc-3nc2[n-]c(nc3nc(nc4[n-]c(n1)c1c(OCCC(C)C)c5c(c(OCCC(C)C)c41)N(CCN(CC)CC)c1ccccc1S5)-c1c(OCCC(C)C)c4c(c(OCCC(C)C)c1-3)N(CC[NH+](CC)CC)c1ccccc1O4)c1c(OCCC(C)C)c3c(c(OCCC(C)C)c21)N(CCN(CC)CC)c1ccccc1S3.[O]=[V+2]. The summed E-state index contributed by atoms with van der Waals surface area (Å²) in [6, 6.07) is 34.7. The van der Waals surface area contributed by atoms with Crippen LogP contribution in [-0.4, -0.2) is 202 Å². The number of nitrogens with zero attached hydrogens (tertiary/aromatic N) is 15. The molecule has 0 unspecified atom stereocenters. The fourth-order valence-corrected chi connectivity index (χ4v) is 23.7. The number of anilines is 8. The van der Waals surface area contributed by atoms with Crippen LogP contribution in [0.3, 0.4) is 0 Å². The summed E-state index contributed by atoms with van der Waals surface area (Å²) in [5.41, 5.74) is 10.6. The Kier molecular flexibility index (Phi) is 38.7. The van der Waals surface area contributed by atoms with Crippen molar-refractivity contribution < 1.29 is 68.6 Å². The zero-order valence-corrected chi connectivity index (χ0v) is 97.3. The Morgan fingerprint density at radius 3 is 0.907 bits per heavy atom. The Morgan fingerprint density at radius 2 is 0.573 bits per heavy atom. The molecule has 3 aromatic heterocycles. The summed E-state index contributed by atoms with van der Waals surface area (Å²) < 4.78 is 79.1. The molecule has 8 bridgehead atoms. The van der Waals surface area contributed by atoms with Gasteiger partial charge >= 0.3 is 21.0 Å². The first-order chi connectivity index (χ1) is 72.7. The average molecular weight is 2130 g/mol. The van der Waals surface area contributed by atoms with Crippen LogP contribution >= 0.6 is 35.3 Å². The molecular formula is C120H161N16O10S3V+. The first kappa shape index (κ1) is 112. The van der Waals surface area contributed by atoms with Crippen molar-refractivity contribution in [3.8, 4) is 103 Å². The summed E-state index contributed by atoms with van der Waals surface area (Å²) >= 11 is 6.16. The molecule has 8 aromatic carbocycles. The molecule has 0 fully saturated rings. The summed E-state index contributed by atoms with van der Waals surface area (Å²) in [4.78, 5) is 74.7. The van der Waals surface area contributed by atoms with Crippen molar-refractivity contribution in [2.45, 2.75) is 247 Å². The number of hydrogen-bond acceptors (Lipinski definition) is 26. The molecule has 30 heteroatoms. The first-order valence-corrected chi connectivity index (χ1v) is 58.8. The molecule has 6 aliphatic rings. The van der Waals surface area contributed by atoms with E-state index in [9.17, 15) is 0 Å².